The Bertz CT molecular complexity index is 523. The number of benzene rings is 1. The molecule has 1 aromatic carbocycles. The van der Waals surface area contributed by atoms with Crippen LogP contribution in [0.2, 0.25) is 0 Å². The van der Waals surface area contributed by atoms with E-state index in [0.29, 0.717) is 11.8 Å². The van der Waals surface area contributed by atoms with E-state index in [4.69, 9.17) is 4.74 Å². The molecule has 2 aliphatic carbocycles. The molecule has 0 aromatic heterocycles. The molecule has 2 aliphatic rings. The number of thiol groups is 1. The second kappa shape index (κ2) is 5.68. The van der Waals surface area contributed by atoms with E-state index in [1.165, 1.54) is 6.42 Å². The molecular formula is C18H24O2S. The largest absolute Gasteiger partial charge is 0.458 e. The van der Waals surface area contributed by atoms with Crippen LogP contribution in [0.25, 0.3) is 0 Å². The van der Waals surface area contributed by atoms with Gasteiger partial charge in [0.1, 0.15) is 6.10 Å². The Balaban J connectivity index is 1.63. The number of carbonyl (C=O) groups excluding carboxylic acids is 1. The molecule has 3 heteroatoms. The van der Waals surface area contributed by atoms with Crippen LogP contribution in [-0.2, 0) is 9.53 Å². The van der Waals surface area contributed by atoms with Gasteiger partial charge in [-0.2, -0.15) is 0 Å². The predicted molar refractivity (Wildman–Crippen MR) is 86.2 cm³/mol. The highest BCUT2D eigenvalue weighted by molar-refractivity contribution is 7.80. The first-order valence-electron chi connectivity index (χ1n) is 7.96. The molecule has 0 spiro atoms. The van der Waals surface area contributed by atoms with E-state index in [9.17, 15) is 4.79 Å². The van der Waals surface area contributed by atoms with Gasteiger partial charge in [-0.05, 0) is 61.1 Å². The average Bonchev–Trinajstić information content (AvgIpc) is 3.00. The van der Waals surface area contributed by atoms with Crippen molar-refractivity contribution in [3.63, 3.8) is 0 Å². The van der Waals surface area contributed by atoms with Crippen LogP contribution in [0.4, 0.5) is 0 Å². The maximum absolute atomic E-state index is 12.5. The summed E-state index contributed by atoms with van der Waals surface area (Å²) < 4.78 is 5.73. The predicted octanol–water partition coefficient (Wildman–Crippen LogP) is 4.51. The van der Waals surface area contributed by atoms with Crippen molar-refractivity contribution in [1.29, 1.82) is 0 Å². The molecule has 2 saturated carbocycles. The van der Waals surface area contributed by atoms with Crippen LogP contribution in [-0.4, -0.2) is 5.97 Å². The molecule has 6 unspecified atom stereocenters. The Labute approximate surface area is 132 Å². The van der Waals surface area contributed by atoms with Crippen molar-refractivity contribution in [1.82, 2.24) is 0 Å². The summed E-state index contributed by atoms with van der Waals surface area (Å²) in [5, 5.41) is 0. The number of esters is 1. The normalized spacial score (nSPS) is 35.7. The minimum Gasteiger partial charge on any atom is -0.458 e. The second-order valence-electron chi connectivity index (χ2n) is 6.89. The summed E-state index contributed by atoms with van der Waals surface area (Å²) in [7, 11) is 0. The molecule has 3 rings (SSSR count). The van der Waals surface area contributed by atoms with Gasteiger partial charge >= 0.3 is 5.97 Å². The SMILES string of the molecule is CC(OC(=O)C1CC2CC1C(C)C2C)c1ccc(S)cc1. The van der Waals surface area contributed by atoms with Crippen molar-refractivity contribution in [2.45, 2.75) is 44.6 Å². The summed E-state index contributed by atoms with van der Waals surface area (Å²) in [4.78, 5) is 13.4. The van der Waals surface area contributed by atoms with Crippen LogP contribution >= 0.6 is 12.6 Å². The molecule has 6 atom stereocenters. The third-order valence-corrected chi connectivity index (χ3v) is 6.15. The van der Waals surface area contributed by atoms with Crippen LogP contribution in [0.1, 0.15) is 45.3 Å². The smallest absolute Gasteiger partial charge is 0.309 e. The highest BCUT2D eigenvalue weighted by Crippen LogP contribution is 2.55. The first-order chi connectivity index (χ1) is 9.97. The minimum absolute atomic E-state index is 0.00343. The van der Waals surface area contributed by atoms with Crippen LogP contribution < -0.4 is 0 Å². The summed E-state index contributed by atoms with van der Waals surface area (Å²) in [6, 6.07) is 7.83. The zero-order valence-electron chi connectivity index (χ0n) is 13.0. The summed E-state index contributed by atoms with van der Waals surface area (Å²) in [6.45, 7) is 6.58. The third-order valence-electron chi connectivity index (χ3n) is 5.85. The quantitative estimate of drug-likeness (QED) is 0.657. The van der Waals surface area contributed by atoms with E-state index in [2.05, 4.69) is 26.5 Å². The Morgan fingerprint density at radius 3 is 2.43 bits per heavy atom. The molecule has 2 bridgehead atoms. The van der Waals surface area contributed by atoms with Crippen molar-refractivity contribution in [2.75, 3.05) is 0 Å². The number of hydrogen-bond donors (Lipinski definition) is 1. The van der Waals surface area contributed by atoms with Crippen molar-refractivity contribution in [3.05, 3.63) is 29.8 Å². The fraction of sp³-hybridized carbons (Fsp3) is 0.611. The molecule has 0 N–H and O–H groups in total. The minimum atomic E-state index is -0.182. The fourth-order valence-electron chi connectivity index (χ4n) is 4.29. The van der Waals surface area contributed by atoms with Gasteiger partial charge in [-0.25, -0.2) is 0 Å². The topological polar surface area (TPSA) is 26.3 Å². The molecule has 1 aromatic rings. The lowest BCUT2D eigenvalue weighted by molar-refractivity contribution is -0.156. The molecular weight excluding hydrogens is 280 g/mol. The summed E-state index contributed by atoms with van der Waals surface area (Å²) >= 11 is 4.28. The zero-order valence-corrected chi connectivity index (χ0v) is 13.8. The Morgan fingerprint density at radius 1 is 1.19 bits per heavy atom. The summed E-state index contributed by atoms with van der Waals surface area (Å²) in [6.07, 6.45) is 2.06. The van der Waals surface area contributed by atoms with Gasteiger partial charge in [0.25, 0.3) is 0 Å². The number of carbonyl (C=O) groups is 1. The summed E-state index contributed by atoms with van der Waals surface area (Å²) in [5.74, 6) is 2.79. The highest BCUT2D eigenvalue weighted by Gasteiger charge is 2.51. The summed E-state index contributed by atoms with van der Waals surface area (Å²) in [5.41, 5.74) is 1.03. The van der Waals surface area contributed by atoms with Crippen LogP contribution in [0.15, 0.2) is 29.2 Å². The van der Waals surface area contributed by atoms with Crippen LogP contribution in [0, 0.1) is 29.6 Å². The van der Waals surface area contributed by atoms with Gasteiger partial charge in [-0.3, -0.25) is 4.79 Å². The lowest BCUT2D eigenvalue weighted by Gasteiger charge is -2.31. The number of fused-ring (bicyclic) bond motifs is 2. The van der Waals surface area contributed by atoms with Gasteiger partial charge in [0.2, 0.25) is 0 Å². The number of rotatable bonds is 3. The van der Waals surface area contributed by atoms with Crippen molar-refractivity contribution < 1.29 is 9.53 Å². The molecule has 0 aliphatic heterocycles. The van der Waals surface area contributed by atoms with Crippen LogP contribution in [0.3, 0.4) is 0 Å². The van der Waals surface area contributed by atoms with E-state index in [1.807, 2.05) is 31.2 Å². The van der Waals surface area contributed by atoms with E-state index in [-0.39, 0.29) is 18.0 Å². The second-order valence-corrected chi connectivity index (χ2v) is 7.41. The number of hydrogen-bond acceptors (Lipinski definition) is 3. The Morgan fingerprint density at radius 2 is 1.86 bits per heavy atom. The maximum Gasteiger partial charge on any atom is 0.309 e. The number of ether oxygens (including phenoxy) is 1. The van der Waals surface area contributed by atoms with Gasteiger partial charge in [0.05, 0.1) is 5.92 Å². The zero-order chi connectivity index (χ0) is 15.1. The van der Waals surface area contributed by atoms with E-state index in [0.717, 1.165) is 28.7 Å². The van der Waals surface area contributed by atoms with Gasteiger partial charge in [-0.15, -0.1) is 12.6 Å². The molecule has 0 radical (unpaired) electrons. The van der Waals surface area contributed by atoms with Crippen molar-refractivity contribution in [2.24, 2.45) is 29.6 Å². The van der Waals surface area contributed by atoms with E-state index >= 15 is 0 Å². The fourth-order valence-corrected chi connectivity index (χ4v) is 4.44. The molecule has 0 amide bonds. The molecule has 0 saturated heterocycles. The monoisotopic (exact) mass is 304 g/mol. The Kier molecular flexibility index (Phi) is 4.04. The molecule has 21 heavy (non-hydrogen) atoms. The van der Waals surface area contributed by atoms with Gasteiger partial charge in [0, 0.05) is 4.90 Å². The van der Waals surface area contributed by atoms with Gasteiger partial charge in [0.15, 0.2) is 0 Å². The molecule has 2 nitrogen and oxygen atoms in total. The first-order valence-corrected chi connectivity index (χ1v) is 8.41. The van der Waals surface area contributed by atoms with E-state index in [1.54, 1.807) is 0 Å². The first kappa shape index (κ1) is 15.0. The molecule has 0 heterocycles. The van der Waals surface area contributed by atoms with Crippen LogP contribution in [0.5, 0.6) is 0 Å². The van der Waals surface area contributed by atoms with Gasteiger partial charge < -0.3 is 4.74 Å². The lowest BCUT2D eigenvalue weighted by Crippen LogP contribution is -2.31. The highest BCUT2D eigenvalue weighted by atomic mass is 32.1. The Hall–Kier alpha value is -0.960. The molecule has 2 fully saturated rings. The standard InChI is InChI=1S/C18H24O2S/c1-10-11(2)16-8-14(10)9-17(16)18(19)20-12(3)13-4-6-15(21)7-5-13/h4-7,10-12,14,16-17,21H,8-9H2,1-3H3. The third kappa shape index (κ3) is 2.73. The maximum atomic E-state index is 12.5. The molecule has 114 valence electrons. The van der Waals surface area contributed by atoms with E-state index < -0.39 is 0 Å². The lowest BCUT2D eigenvalue weighted by atomic mass is 9.76. The van der Waals surface area contributed by atoms with Crippen molar-refractivity contribution >= 4 is 18.6 Å². The van der Waals surface area contributed by atoms with Gasteiger partial charge in [-0.1, -0.05) is 26.0 Å². The average molecular weight is 304 g/mol. The van der Waals surface area contributed by atoms with Crippen molar-refractivity contribution in [3.8, 4) is 0 Å².